The van der Waals surface area contributed by atoms with Crippen molar-refractivity contribution in [3.8, 4) is 22.6 Å². The highest BCUT2D eigenvalue weighted by molar-refractivity contribution is 5.96. The molecule has 5 nitrogen and oxygen atoms in total. The van der Waals surface area contributed by atoms with Crippen molar-refractivity contribution in [1.29, 1.82) is 0 Å². The molecule has 0 bridgehead atoms. The molecule has 0 saturated carbocycles. The molecule has 0 saturated heterocycles. The smallest absolute Gasteiger partial charge is 0.336 e. The zero-order valence-corrected chi connectivity index (χ0v) is 12.0. The summed E-state index contributed by atoms with van der Waals surface area (Å²) >= 11 is 0. The second-order valence-corrected chi connectivity index (χ2v) is 4.47. The van der Waals surface area contributed by atoms with Crippen LogP contribution >= 0.6 is 0 Å². The number of rotatable bonds is 6. The van der Waals surface area contributed by atoms with Gasteiger partial charge >= 0.3 is 5.97 Å². The summed E-state index contributed by atoms with van der Waals surface area (Å²) in [5.41, 5.74) is 1.45. The van der Waals surface area contributed by atoms with Crippen molar-refractivity contribution in [3.05, 3.63) is 42.2 Å². The van der Waals surface area contributed by atoms with Crippen molar-refractivity contribution in [3.63, 3.8) is 0 Å². The van der Waals surface area contributed by atoms with Crippen molar-refractivity contribution in [2.24, 2.45) is 0 Å². The molecule has 1 heterocycles. The zero-order valence-electron chi connectivity index (χ0n) is 12.0. The minimum Gasteiger partial charge on any atom is -0.497 e. The van der Waals surface area contributed by atoms with E-state index in [4.69, 9.17) is 9.47 Å². The maximum Gasteiger partial charge on any atom is 0.336 e. The maximum absolute atomic E-state index is 11.4. The lowest BCUT2D eigenvalue weighted by atomic mass is 10.0. The molecule has 0 fully saturated rings. The van der Waals surface area contributed by atoms with Gasteiger partial charge in [0.2, 0.25) is 0 Å². The van der Waals surface area contributed by atoms with Gasteiger partial charge in [0.1, 0.15) is 11.5 Å². The molecular formula is C16H17NO4. The summed E-state index contributed by atoms with van der Waals surface area (Å²) in [5, 5.41) is 9.35. The van der Waals surface area contributed by atoms with Crippen molar-refractivity contribution < 1.29 is 19.4 Å². The lowest BCUT2D eigenvalue weighted by Gasteiger charge is -2.10. The first-order valence-electron chi connectivity index (χ1n) is 6.65. The molecule has 0 amide bonds. The minimum absolute atomic E-state index is 0.170. The molecule has 1 N–H and O–H groups in total. The van der Waals surface area contributed by atoms with Crippen LogP contribution in [-0.4, -0.2) is 29.8 Å². The third-order valence-electron chi connectivity index (χ3n) is 2.95. The van der Waals surface area contributed by atoms with Crippen LogP contribution in [0.1, 0.15) is 23.7 Å². The maximum atomic E-state index is 11.4. The van der Waals surface area contributed by atoms with E-state index in [9.17, 15) is 9.90 Å². The number of carboxylic acid groups (broad SMARTS) is 1. The summed E-state index contributed by atoms with van der Waals surface area (Å²) in [5.74, 6) is 0.118. The van der Waals surface area contributed by atoms with Crippen LogP contribution in [0.15, 0.2) is 36.7 Å². The Balaban J connectivity index is 2.43. The molecule has 0 aliphatic rings. The third-order valence-corrected chi connectivity index (χ3v) is 2.95. The number of methoxy groups -OCH3 is 1. The Hall–Kier alpha value is -2.56. The van der Waals surface area contributed by atoms with Crippen molar-refractivity contribution in [2.75, 3.05) is 13.7 Å². The van der Waals surface area contributed by atoms with Crippen LogP contribution in [0, 0.1) is 0 Å². The van der Waals surface area contributed by atoms with Crippen molar-refractivity contribution in [2.45, 2.75) is 13.3 Å². The van der Waals surface area contributed by atoms with Crippen LogP contribution in [0.25, 0.3) is 11.1 Å². The largest absolute Gasteiger partial charge is 0.497 e. The predicted octanol–water partition coefficient (Wildman–Crippen LogP) is 3.24. The number of hydrogen-bond donors (Lipinski definition) is 1. The summed E-state index contributed by atoms with van der Waals surface area (Å²) in [6.07, 6.45) is 4.13. The summed E-state index contributed by atoms with van der Waals surface area (Å²) in [7, 11) is 1.50. The molecule has 1 aromatic heterocycles. The Morgan fingerprint density at radius 1 is 1.24 bits per heavy atom. The van der Waals surface area contributed by atoms with Crippen LogP contribution in [0.3, 0.4) is 0 Å². The van der Waals surface area contributed by atoms with Gasteiger partial charge in [0.05, 0.1) is 25.5 Å². The highest BCUT2D eigenvalue weighted by atomic mass is 16.5. The molecule has 5 heteroatoms. The highest BCUT2D eigenvalue weighted by Crippen LogP contribution is 2.29. The molecule has 0 aliphatic carbocycles. The monoisotopic (exact) mass is 287 g/mol. The first-order chi connectivity index (χ1) is 10.2. The normalized spacial score (nSPS) is 10.2. The van der Waals surface area contributed by atoms with E-state index in [0.717, 1.165) is 6.42 Å². The molecule has 2 rings (SSSR count). The number of nitrogens with zero attached hydrogens (tertiary/aromatic N) is 1. The molecule has 0 radical (unpaired) electrons. The van der Waals surface area contributed by atoms with E-state index in [1.807, 2.05) is 6.92 Å². The van der Waals surface area contributed by atoms with Gasteiger partial charge in [-0.2, -0.15) is 0 Å². The Labute approximate surface area is 123 Å². The van der Waals surface area contributed by atoms with Crippen LogP contribution in [0.2, 0.25) is 0 Å². The Kier molecular flexibility index (Phi) is 4.77. The Bertz CT molecular complexity index is 640. The number of aromatic carboxylic acids is 1. The molecule has 1 aromatic carbocycles. The molecule has 0 aliphatic heterocycles. The van der Waals surface area contributed by atoms with Gasteiger partial charge in [-0.1, -0.05) is 6.92 Å². The van der Waals surface area contributed by atoms with E-state index in [-0.39, 0.29) is 5.56 Å². The predicted molar refractivity (Wildman–Crippen MR) is 79.0 cm³/mol. The Morgan fingerprint density at radius 3 is 2.71 bits per heavy atom. The number of pyridine rings is 1. The fourth-order valence-corrected chi connectivity index (χ4v) is 1.94. The second kappa shape index (κ2) is 6.74. The number of ether oxygens (including phenoxy) is 2. The SMILES string of the molecule is CCCOc1cncc(-c2ccc(OC)cc2C(=O)O)c1. The van der Waals surface area contributed by atoms with Gasteiger partial charge in [-0.25, -0.2) is 4.79 Å². The molecule has 110 valence electrons. The minimum atomic E-state index is -1.01. The van der Waals surface area contributed by atoms with Gasteiger partial charge in [0.15, 0.2) is 0 Å². The fourth-order valence-electron chi connectivity index (χ4n) is 1.94. The standard InChI is InChI=1S/C16H17NO4/c1-3-6-21-13-7-11(9-17-10-13)14-5-4-12(20-2)8-15(14)16(18)19/h4-5,7-10H,3,6H2,1-2H3,(H,18,19). The number of carbonyl (C=O) groups is 1. The van der Waals surface area contributed by atoms with E-state index in [1.54, 1.807) is 30.6 Å². The van der Waals surface area contributed by atoms with Crippen molar-refractivity contribution >= 4 is 5.97 Å². The number of aromatic nitrogens is 1. The molecule has 0 atom stereocenters. The third kappa shape index (κ3) is 3.51. The average Bonchev–Trinajstić information content (AvgIpc) is 2.52. The second-order valence-electron chi connectivity index (χ2n) is 4.47. The zero-order chi connectivity index (χ0) is 15.2. The van der Waals surface area contributed by atoms with Crippen LogP contribution in [-0.2, 0) is 0 Å². The van der Waals surface area contributed by atoms with Gasteiger partial charge < -0.3 is 14.6 Å². The number of hydrogen-bond acceptors (Lipinski definition) is 4. The summed E-state index contributed by atoms with van der Waals surface area (Å²) in [6.45, 7) is 2.61. The first-order valence-corrected chi connectivity index (χ1v) is 6.65. The number of carboxylic acids is 1. The molecule has 0 unspecified atom stereocenters. The van der Waals surface area contributed by atoms with Gasteiger partial charge in [0.25, 0.3) is 0 Å². The van der Waals surface area contributed by atoms with Gasteiger partial charge in [-0.05, 0) is 36.2 Å². The summed E-state index contributed by atoms with van der Waals surface area (Å²) < 4.78 is 10.6. The Morgan fingerprint density at radius 2 is 2.05 bits per heavy atom. The highest BCUT2D eigenvalue weighted by Gasteiger charge is 2.14. The van der Waals surface area contributed by atoms with E-state index in [0.29, 0.717) is 29.2 Å². The molecule has 0 spiro atoms. The average molecular weight is 287 g/mol. The lowest BCUT2D eigenvalue weighted by Crippen LogP contribution is -2.01. The summed E-state index contributed by atoms with van der Waals surface area (Å²) in [6, 6.07) is 6.72. The van der Waals surface area contributed by atoms with Gasteiger partial charge in [0, 0.05) is 11.8 Å². The quantitative estimate of drug-likeness (QED) is 0.883. The van der Waals surface area contributed by atoms with E-state index in [2.05, 4.69) is 4.98 Å². The van der Waals surface area contributed by atoms with E-state index in [1.165, 1.54) is 13.2 Å². The topological polar surface area (TPSA) is 68.7 Å². The van der Waals surface area contributed by atoms with Crippen LogP contribution < -0.4 is 9.47 Å². The van der Waals surface area contributed by atoms with E-state index < -0.39 is 5.97 Å². The van der Waals surface area contributed by atoms with Crippen LogP contribution in [0.4, 0.5) is 0 Å². The van der Waals surface area contributed by atoms with E-state index >= 15 is 0 Å². The van der Waals surface area contributed by atoms with Gasteiger partial charge in [-0.3, -0.25) is 4.98 Å². The van der Waals surface area contributed by atoms with Gasteiger partial charge in [-0.15, -0.1) is 0 Å². The van der Waals surface area contributed by atoms with Crippen molar-refractivity contribution in [1.82, 2.24) is 4.98 Å². The number of benzene rings is 1. The lowest BCUT2D eigenvalue weighted by molar-refractivity contribution is 0.0697. The fraction of sp³-hybridized carbons (Fsp3) is 0.250. The summed E-state index contributed by atoms with van der Waals surface area (Å²) in [4.78, 5) is 15.5. The molecular weight excluding hydrogens is 270 g/mol. The molecule has 21 heavy (non-hydrogen) atoms. The molecule has 2 aromatic rings. The van der Waals surface area contributed by atoms with Crippen LogP contribution in [0.5, 0.6) is 11.5 Å². The first kappa shape index (κ1) is 14.8.